The van der Waals surface area contributed by atoms with E-state index in [4.69, 9.17) is 10.5 Å². The average Bonchev–Trinajstić information content (AvgIpc) is 2.44. The number of hydrogen-bond acceptors (Lipinski definition) is 2. The van der Waals surface area contributed by atoms with E-state index in [2.05, 4.69) is 6.92 Å². The molecule has 0 saturated carbocycles. The third-order valence-electron chi connectivity index (χ3n) is 3.35. The van der Waals surface area contributed by atoms with Crippen molar-refractivity contribution in [2.24, 2.45) is 5.73 Å². The zero-order valence-electron chi connectivity index (χ0n) is 11.9. The lowest BCUT2D eigenvalue weighted by Crippen LogP contribution is -2.21. The highest BCUT2D eigenvalue weighted by Gasteiger charge is 2.10. The minimum atomic E-state index is -0.298. The van der Waals surface area contributed by atoms with Gasteiger partial charge in [-0.05, 0) is 43.0 Å². The van der Waals surface area contributed by atoms with E-state index < -0.39 is 0 Å². The summed E-state index contributed by atoms with van der Waals surface area (Å²) in [4.78, 5) is 0. The summed E-state index contributed by atoms with van der Waals surface area (Å²) in [7, 11) is 0. The maximum atomic E-state index is 13.3. The van der Waals surface area contributed by atoms with Crippen molar-refractivity contribution in [1.82, 2.24) is 0 Å². The van der Waals surface area contributed by atoms with Gasteiger partial charge in [-0.15, -0.1) is 0 Å². The van der Waals surface area contributed by atoms with Crippen molar-refractivity contribution in [1.29, 1.82) is 0 Å². The number of para-hydroxylation sites is 1. The molecule has 2 aromatic rings. The van der Waals surface area contributed by atoms with Crippen LogP contribution in [0.25, 0.3) is 0 Å². The van der Waals surface area contributed by atoms with E-state index in [0.717, 1.165) is 29.7 Å². The van der Waals surface area contributed by atoms with Crippen molar-refractivity contribution >= 4 is 0 Å². The first-order valence-corrected chi connectivity index (χ1v) is 6.87. The normalized spacial score (nSPS) is 12.2. The van der Waals surface area contributed by atoms with Gasteiger partial charge in [-0.1, -0.05) is 31.2 Å². The molecular formula is C17H20FNO. The molecule has 1 unspecified atom stereocenters. The number of benzene rings is 2. The highest BCUT2D eigenvalue weighted by molar-refractivity contribution is 5.41. The van der Waals surface area contributed by atoms with Crippen LogP contribution in [0.15, 0.2) is 42.5 Å². The summed E-state index contributed by atoms with van der Waals surface area (Å²) in [5, 5.41) is 0. The molecule has 0 aliphatic heterocycles. The lowest BCUT2D eigenvalue weighted by atomic mass is 10.0. The fourth-order valence-electron chi connectivity index (χ4n) is 2.00. The average molecular weight is 273 g/mol. The molecule has 0 aliphatic carbocycles. The van der Waals surface area contributed by atoms with Gasteiger partial charge in [0.25, 0.3) is 0 Å². The molecular weight excluding hydrogens is 253 g/mol. The zero-order chi connectivity index (χ0) is 14.5. The van der Waals surface area contributed by atoms with Crippen molar-refractivity contribution in [2.75, 3.05) is 0 Å². The quantitative estimate of drug-likeness (QED) is 0.885. The summed E-state index contributed by atoms with van der Waals surface area (Å²) in [5.74, 6) is 0.987. The van der Waals surface area contributed by atoms with E-state index in [0.29, 0.717) is 5.75 Å². The van der Waals surface area contributed by atoms with Gasteiger partial charge in [-0.2, -0.15) is 0 Å². The van der Waals surface area contributed by atoms with Crippen LogP contribution in [0.3, 0.4) is 0 Å². The van der Waals surface area contributed by atoms with Gasteiger partial charge >= 0.3 is 0 Å². The molecule has 0 spiro atoms. The third kappa shape index (κ3) is 3.58. The topological polar surface area (TPSA) is 35.2 Å². The highest BCUT2D eigenvalue weighted by Crippen LogP contribution is 2.29. The van der Waals surface area contributed by atoms with Gasteiger partial charge in [-0.3, -0.25) is 0 Å². The predicted octanol–water partition coefficient (Wildman–Crippen LogP) is 4.21. The summed E-state index contributed by atoms with van der Waals surface area (Å²) >= 11 is 0. The van der Waals surface area contributed by atoms with Crippen LogP contribution in [0.5, 0.6) is 11.5 Å². The van der Waals surface area contributed by atoms with Crippen molar-refractivity contribution in [3.63, 3.8) is 0 Å². The van der Waals surface area contributed by atoms with Crippen LogP contribution in [0.2, 0.25) is 0 Å². The molecule has 2 nitrogen and oxygen atoms in total. The molecule has 2 aromatic carbocycles. The van der Waals surface area contributed by atoms with E-state index in [1.54, 1.807) is 6.07 Å². The Balaban J connectivity index is 2.27. The molecule has 3 heteroatoms. The Kier molecular flexibility index (Phi) is 4.74. The number of ether oxygens (including phenoxy) is 1. The molecule has 0 aliphatic rings. The molecule has 0 saturated heterocycles. The number of halogens is 1. The molecule has 1 atom stereocenters. The number of hydrogen-bond donors (Lipinski definition) is 1. The molecule has 2 N–H and O–H groups in total. The maximum absolute atomic E-state index is 13.3. The van der Waals surface area contributed by atoms with Crippen molar-refractivity contribution in [3.05, 3.63) is 59.4 Å². The molecule has 2 rings (SSSR count). The van der Waals surface area contributed by atoms with Crippen LogP contribution >= 0.6 is 0 Å². The molecule has 106 valence electrons. The van der Waals surface area contributed by atoms with Crippen LogP contribution in [-0.2, 0) is 6.42 Å². The predicted molar refractivity (Wildman–Crippen MR) is 79.6 cm³/mol. The number of aryl methyl sites for hydroxylation is 1. The Morgan fingerprint density at radius 1 is 1.15 bits per heavy atom. The van der Waals surface area contributed by atoms with Crippen LogP contribution < -0.4 is 10.5 Å². The van der Waals surface area contributed by atoms with Crippen LogP contribution in [0.4, 0.5) is 4.39 Å². The van der Waals surface area contributed by atoms with Gasteiger partial charge in [0.2, 0.25) is 0 Å². The van der Waals surface area contributed by atoms with Gasteiger partial charge < -0.3 is 10.5 Å². The monoisotopic (exact) mass is 273 g/mol. The second-order valence-electron chi connectivity index (χ2n) is 4.99. The Morgan fingerprint density at radius 3 is 2.65 bits per heavy atom. The van der Waals surface area contributed by atoms with Gasteiger partial charge in [0, 0.05) is 12.1 Å². The third-order valence-corrected chi connectivity index (χ3v) is 3.35. The van der Waals surface area contributed by atoms with Crippen LogP contribution in [-0.4, -0.2) is 6.04 Å². The van der Waals surface area contributed by atoms with Gasteiger partial charge in [-0.25, -0.2) is 4.39 Å². The van der Waals surface area contributed by atoms with E-state index in [1.807, 2.05) is 31.2 Å². The standard InChI is InChI=1S/C17H20FNO/c1-3-15(19)10-13-6-4-5-7-16(13)20-17-11-14(18)9-8-12(17)2/h4-9,11,15H,3,10,19H2,1-2H3. The van der Waals surface area contributed by atoms with E-state index in [9.17, 15) is 4.39 Å². The first-order valence-electron chi connectivity index (χ1n) is 6.87. The smallest absolute Gasteiger partial charge is 0.133 e. The molecule has 0 amide bonds. The lowest BCUT2D eigenvalue weighted by molar-refractivity contribution is 0.463. The van der Waals surface area contributed by atoms with E-state index in [-0.39, 0.29) is 11.9 Å². The molecule has 0 aromatic heterocycles. The van der Waals surface area contributed by atoms with Gasteiger partial charge in [0.15, 0.2) is 0 Å². The van der Waals surface area contributed by atoms with Crippen LogP contribution in [0.1, 0.15) is 24.5 Å². The maximum Gasteiger partial charge on any atom is 0.133 e. The van der Waals surface area contributed by atoms with Crippen LogP contribution in [0, 0.1) is 12.7 Å². The SMILES string of the molecule is CCC(N)Cc1ccccc1Oc1cc(F)ccc1C. The summed E-state index contributed by atoms with van der Waals surface area (Å²) in [6.45, 7) is 3.96. The fourth-order valence-corrected chi connectivity index (χ4v) is 2.00. The minimum absolute atomic E-state index is 0.105. The number of rotatable bonds is 5. The molecule has 20 heavy (non-hydrogen) atoms. The van der Waals surface area contributed by atoms with Crippen molar-refractivity contribution < 1.29 is 9.13 Å². The second kappa shape index (κ2) is 6.53. The van der Waals surface area contributed by atoms with Crippen molar-refractivity contribution in [3.8, 4) is 11.5 Å². The van der Waals surface area contributed by atoms with E-state index >= 15 is 0 Å². The molecule has 0 bridgehead atoms. The van der Waals surface area contributed by atoms with E-state index in [1.165, 1.54) is 12.1 Å². The second-order valence-corrected chi connectivity index (χ2v) is 4.99. The summed E-state index contributed by atoms with van der Waals surface area (Å²) < 4.78 is 19.2. The minimum Gasteiger partial charge on any atom is -0.457 e. The van der Waals surface area contributed by atoms with Gasteiger partial charge in [0.1, 0.15) is 17.3 Å². The molecule has 0 fully saturated rings. The summed E-state index contributed by atoms with van der Waals surface area (Å²) in [6.07, 6.45) is 1.66. The Morgan fingerprint density at radius 2 is 1.90 bits per heavy atom. The summed E-state index contributed by atoms with van der Waals surface area (Å²) in [6, 6.07) is 12.4. The van der Waals surface area contributed by atoms with Crippen molar-refractivity contribution in [2.45, 2.75) is 32.7 Å². The van der Waals surface area contributed by atoms with Gasteiger partial charge in [0.05, 0.1) is 0 Å². The fraction of sp³-hybridized carbons (Fsp3) is 0.294. The highest BCUT2D eigenvalue weighted by atomic mass is 19.1. The Bertz CT molecular complexity index is 583. The first-order chi connectivity index (χ1) is 9.60. The lowest BCUT2D eigenvalue weighted by Gasteiger charge is -2.15. The number of nitrogens with two attached hydrogens (primary N) is 1. The first kappa shape index (κ1) is 14.5. The largest absolute Gasteiger partial charge is 0.457 e. The zero-order valence-corrected chi connectivity index (χ0v) is 11.9. The molecule has 0 radical (unpaired) electrons. The molecule has 0 heterocycles. The Labute approximate surface area is 119 Å². The summed E-state index contributed by atoms with van der Waals surface area (Å²) in [5.41, 5.74) is 7.96. The Hall–Kier alpha value is -1.87.